The quantitative estimate of drug-likeness (QED) is 0.649. The lowest BCUT2D eigenvalue weighted by Gasteiger charge is -2.12. The van der Waals surface area contributed by atoms with Crippen molar-refractivity contribution in [2.75, 3.05) is 26.0 Å². The third-order valence-electron chi connectivity index (χ3n) is 2.58. The van der Waals surface area contributed by atoms with E-state index in [0.717, 1.165) is 12.8 Å². The maximum absolute atomic E-state index is 11.4. The Balaban J connectivity index is 2.10. The van der Waals surface area contributed by atoms with Crippen molar-refractivity contribution in [2.24, 2.45) is 5.73 Å². The van der Waals surface area contributed by atoms with Crippen molar-refractivity contribution >= 4 is 17.7 Å². The van der Waals surface area contributed by atoms with Crippen LogP contribution in [0.5, 0.6) is 0 Å². The van der Waals surface area contributed by atoms with Crippen LogP contribution in [-0.2, 0) is 9.53 Å². The minimum Gasteiger partial charge on any atom is -0.370 e. The Morgan fingerprint density at radius 2 is 2.40 bits per heavy atom. The molecule has 1 aliphatic carbocycles. The van der Waals surface area contributed by atoms with Crippen LogP contribution in [0.2, 0.25) is 0 Å². The van der Waals surface area contributed by atoms with Crippen LogP contribution in [0.25, 0.3) is 0 Å². The molecular weight excluding hydrogens is 212 g/mol. The molecule has 88 valence electrons. The smallest absolute Gasteiger partial charge is 0.246 e. The molecular formula is C10H20N2O2S. The van der Waals surface area contributed by atoms with E-state index in [4.69, 9.17) is 10.5 Å². The molecule has 0 radical (unpaired) electrons. The molecule has 3 N–H and O–H groups in total. The molecule has 0 aliphatic heterocycles. The number of hydrogen-bond acceptors (Lipinski definition) is 4. The standard InChI is InChI=1S/C10H20N2O2S/c1-15-9-3-2-8(6-9)12-10(13)7-14-5-4-11/h8-9H,2-7,11H2,1H3,(H,12,13). The Kier molecular flexibility index (Phi) is 6.05. The fourth-order valence-corrected chi connectivity index (χ4v) is 2.60. The predicted octanol–water partition coefficient (Wildman–Crippen LogP) is 0.362. The first-order valence-corrected chi connectivity index (χ1v) is 6.65. The van der Waals surface area contributed by atoms with E-state index in [1.807, 2.05) is 11.8 Å². The first-order chi connectivity index (χ1) is 7.26. The van der Waals surface area contributed by atoms with Gasteiger partial charge in [0.05, 0.1) is 6.61 Å². The molecule has 0 spiro atoms. The molecule has 0 aromatic heterocycles. The van der Waals surface area contributed by atoms with Gasteiger partial charge in [-0.15, -0.1) is 0 Å². The summed E-state index contributed by atoms with van der Waals surface area (Å²) in [4.78, 5) is 11.4. The number of carbonyl (C=O) groups excluding carboxylic acids is 1. The molecule has 4 nitrogen and oxygen atoms in total. The normalized spacial score (nSPS) is 25.5. The highest BCUT2D eigenvalue weighted by atomic mass is 32.2. The average Bonchev–Trinajstić information content (AvgIpc) is 2.66. The van der Waals surface area contributed by atoms with Gasteiger partial charge < -0.3 is 15.8 Å². The van der Waals surface area contributed by atoms with Crippen molar-refractivity contribution in [3.8, 4) is 0 Å². The Labute approximate surface area is 95.3 Å². The summed E-state index contributed by atoms with van der Waals surface area (Å²) < 4.78 is 5.07. The Hall–Kier alpha value is -0.260. The number of ether oxygens (including phenoxy) is 1. The van der Waals surface area contributed by atoms with E-state index in [-0.39, 0.29) is 12.5 Å². The highest BCUT2D eigenvalue weighted by molar-refractivity contribution is 7.99. The molecule has 1 aliphatic rings. The van der Waals surface area contributed by atoms with E-state index in [1.54, 1.807) is 0 Å². The van der Waals surface area contributed by atoms with Crippen LogP contribution in [0.3, 0.4) is 0 Å². The van der Waals surface area contributed by atoms with Gasteiger partial charge in [0.25, 0.3) is 0 Å². The molecule has 1 amide bonds. The van der Waals surface area contributed by atoms with Gasteiger partial charge in [-0.2, -0.15) is 11.8 Å². The topological polar surface area (TPSA) is 64.3 Å². The van der Waals surface area contributed by atoms with Crippen molar-refractivity contribution in [1.82, 2.24) is 5.32 Å². The molecule has 15 heavy (non-hydrogen) atoms. The maximum atomic E-state index is 11.4. The van der Waals surface area contributed by atoms with E-state index < -0.39 is 0 Å². The molecule has 1 fully saturated rings. The minimum absolute atomic E-state index is 0.0183. The van der Waals surface area contributed by atoms with Crippen molar-refractivity contribution < 1.29 is 9.53 Å². The van der Waals surface area contributed by atoms with E-state index in [0.29, 0.717) is 24.4 Å². The molecule has 1 rings (SSSR count). The summed E-state index contributed by atoms with van der Waals surface area (Å²) in [5.41, 5.74) is 5.26. The summed E-state index contributed by atoms with van der Waals surface area (Å²) in [5, 5.41) is 3.69. The van der Waals surface area contributed by atoms with Crippen molar-refractivity contribution in [3.63, 3.8) is 0 Å². The van der Waals surface area contributed by atoms with Gasteiger partial charge in [0.1, 0.15) is 6.61 Å². The first kappa shape index (κ1) is 12.8. The number of carbonyl (C=O) groups is 1. The molecule has 0 bridgehead atoms. The summed E-state index contributed by atoms with van der Waals surface area (Å²) in [6.45, 7) is 1.05. The second-order valence-corrected chi connectivity index (χ2v) is 4.91. The molecule has 2 atom stereocenters. The van der Waals surface area contributed by atoms with Crippen LogP contribution in [0.15, 0.2) is 0 Å². The number of nitrogens with two attached hydrogens (primary N) is 1. The van der Waals surface area contributed by atoms with Crippen LogP contribution in [0.4, 0.5) is 0 Å². The fourth-order valence-electron chi connectivity index (χ4n) is 1.80. The monoisotopic (exact) mass is 232 g/mol. The molecule has 1 saturated carbocycles. The van der Waals surface area contributed by atoms with Gasteiger partial charge in [-0.25, -0.2) is 0 Å². The SMILES string of the molecule is CSC1CCC(NC(=O)COCCN)C1. The Bertz CT molecular complexity index is 202. The van der Waals surface area contributed by atoms with E-state index >= 15 is 0 Å². The summed E-state index contributed by atoms with van der Waals surface area (Å²) in [5.74, 6) is -0.0183. The number of rotatable bonds is 6. The highest BCUT2D eigenvalue weighted by Crippen LogP contribution is 2.27. The summed E-state index contributed by atoms with van der Waals surface area (Å²) >= 11 is 1.89. The average molecular weight is 232 g/mol. The van der Waals surface area contributed by atoms with Gasteiger partial charge in [0, 0.05) is 17.8 Å². The third-order valence-corrected chi connectivity index (χ3v) is 3.67. The molecule has 0 heterocycles. The molecule has 0 saturated heterocycles. The molecule has 5 heteroatoms. The third kappa shape index (κ3) is 4.86. The first-order valence-electron chi connectivity index (χ1n) is 5.36. The van der Waals surface area contributed by atoms with Crippen LogP contribution < -0.4 is 11.1 Å². The van der Waals surface area contributed by atoms with Crippen LogP contribution in [0.1, 0.15) is 19.3 Å². The Morgan fingerprint density at radius 1 is 1.60 bits per heavy atom. The fraction of sp³-hybridized carbons (Fsp3) is 0.900. The van der Waals surface area contributed by atoms with E-state index in [9.17, 15) is 4.79 Å². The van der Waals surface area contributed by atoms with Gasteiger partial charge >= 0.3 is 0 Å². The van der Waals surface area contributed by atoms with Crippen molar-refractivity contribution in [3.05, 3.63) is 0 Å². The van der Waals surface area contributed by atoms with Crippen LogP contribution in [-0.4, -0.2) is 43.2 Å². The van der Waals surface area contributed by atoms with E-state index in [2.05, 4.69) is 11.6 Å². The largest absolute Gasteiger partial charge is 0.370 e. The lowest BCUT2D eigenvalue weighted by atomic mass is 10.2. The maximum Gasteiger partial charge on any atom is 0.246 e. The zero-order chi connectivity index (χ0) is 11.1. The number of hydrogen-bond donors (Lipinski definition) is 2. The predicted molar refractivity (Wildman–Crippen MR) is 63.0 cm³/mol. The van der Waals surface area contributed by atoms with Crippen molar-refractivity contribution in [1.29, 1.82) is 0 Å². The number of thioether (sulfide) groups is 1. The second kappa shape index (κ2) is 7.09. The second-order valence-electron chi connectivity index (χ2n) is 3.78. The van der Waals surface area contributed by atoms with E-state index in [1.165, 1.54) is 6.42 Å². The number of amides is 1. The zero-order valence-electron chi connectivity index (χ0n) is 9.20. The van der Waals surface area contributed by atoms with Gasteiger partial charge in [0.2, 0.25) is 5.91 Å². The minimum atomic E-state index is -0.0183. The van der Waals surface area contributed by atoms with Gasteiger partial charge in [0.15, 0.2) is 0 Å². The van der Waals surface area contributed by atoms with Gasteiger partial charge in [-0.05, 0) is 25.5 Å². The molecule has 0 aromatic rings. The molecule has 2 unspecified atom stereocenters. The lowest BCUT2D eigenvalue weighted by molar-refractivity contribution is -0.126. The summed E-state index contributed by atoms with van der Waals surface area (Å²) in [6, 6.07) is 0.344. The van der Waals surface area contributed by atoms with Crippen LogP contribution in [0, 0.1) is 0 Å². The van der Waals surface area contributed by atoms with Crippen LogP contribution >= 0.6 is 11.8 Å². The zero-order valence-corrected chi connectivity index (χ0v) is 10.0. The number of nitrogens with one attached hydrogen (secondary N) is 1. The summed E-state index contributed by atoms with van der Waals surface area (Å²) in [6.07, 6.45) is 5.51. The summed E-state index contributed by atoms with van der Waals surface area (Å²) in [7, 11) is 0. The van der Waals surface area contributed by atoms with Gasteiger partial charge in [-0.3, -0.25) is 4.79 Å². The highest BCUT2D eigenvalue weighted by Gasteiger charge is 2.24. The molecule has 0 aromatic carbocycles. The van der Waals surface area contributed by atoms with Crippen molar-refractivity contribution in [2.45, 2.75) is 30.6 Å². The Morgan fingerprint density at radius 3 is 3.00 bits per heavy atom. The lowest BCUT2D eigenvalue weighted by Crippen LogP contribution is -2.36. The van der Waals surface area contributed by atoms with Gasteiger partial charge in [-0.1, -0.05) is 0 Å².